The van der Waals surface area contributed by atoms with Gasteiger partial charge in [-0.1, -0.05) is 36.4 Å². The third-order valence-corrected chi connectivity index (χ3v) is 7.10. The zero-order chi connectivity index (χ0) is 28.3. The Hall–Kier alpha value is -3.35. The summed E-state index contributed by atoms with van der Waals surface area (Å²) in [6.45, 7) is 1.62. The second kappa shape index (κ2) is 11.6. The quantitative estimate of drug-likeness (QED) is 0.378. The first-order valence-electron chi connectivity index (χ1n) is 11.4. The number of carbonyl (C=O) groups excluding carboxylic acids is 1. The average Bonchev–Trinajstić information content (AvgIpc) is 2.85. The molecule has 2 atom stereocenters. The van der Waals surface area contributed by atoms with Gasteiger partial charge in [0.25, 0.3) is 0 Å². The van der Waals surface area contributed by atoms with Gasteiger partial charge in [0, 0.05) is 31.0 Å². The normalized spacial score (nSPS) is 13.7. The van der Waals surface area contributed by atoms with Gasteiger partial charge in [0.05, 0.1) is 18.2 Å². The number of carbonyl (C=O) groups is 1. The van der Waals surface area contributed by atoms with E-state index in [0.717, 1.165) is 24.0 Å². The molecule has 0 aliphatic heterocycles. The molecule has 12 heteroatoms. The number of nitrogens with zero attached hydrogens (tertiary/aromatic N) is 1. The molecule has 0 saturated carbocycles. The number of nitrogens with one attached hydrogen (secondary N) is 1. The van der Waals surface area contributed by atoms with E-state index in [2.05, 4.69) is 10.3 Å². The van der Waals surface area contributed by atoms with Crippen molar-refractivity contribution in [3.05, 3.63) is 88.4 Å². The van der Waals surface area contributed by atoms with Crippen LogP contribution in [0.3, 0.4) is 0 Å². The summed E-state index contributed by atoms with van der Waals surface area (Å²) in [6, 6.07) is 12.4. The van der Waals surface area contributed by atoms with E-state index in [1.807, 2.05) is 0 Å². The second-order valence-corrected chi connectivity index (χ2v) is 11.0. The molecule has 0 fully saturated rings. The summed E-state index contributed by atoms with van der Waals surface area (Å²) in [5, 5.41) is 1.11. The van der Waals surface area contributed by atoms with E-state index in [1.165, 1.54) is 32.2 Å². The summed E-state index contributed by atoms with van der Waals surface area (Å²) >= 11 is 0. The van der Waals surface area contributed by atoms with Crippen molar-refractivity contribution in [1.29, 1.82) is 0 Å². The van der Waals surface area contributed by atoms with Gasteiger partial charge in [-0.2, -0.15) is 13.2 Å². The minimum atomic E-state index is -4.66. The number of benzene rings is 2. The third-order valence-electron chi connectivity index (χ3n) is 5.92. The first kappa shape index (κ1) is 29.2. The van der Waals surface area contributed by atoms with Crippen LogP contribution in [0.2, 0.25) is 0 Å². The number of hydrogen-bond acceptors (Lipinski definition) is 6. The SMILES string of the molecule is COCc1cccc(-c2nc(C(F)(F)F)ccc2CNC(=O)C(C)c2ccc(C(N)S(C)(=O)=O)c(F)c2)c1. The highest BCUT2D eigenvalue weighted by molar-refractivity contribution is 7.90. The van der Waals surface area contributed by atoms with Gasteiger partial charge in [0.1, 0.15) is 16.9 Å². The predicted molar refractivity (Wildman–Crippen MR) is 134 cm³/mol. The monoisotopic (exact) mass is 553 g/mol. The smallest absolute Gasteiger partial charge is 0.380 e. The van der Waals surface area contributed by atoms with Crippen LogP contribution < -0.4 is 11.1 Å². The Kier molecular flexibility index (Phi) is 8.90. The third kappa shape index (κ3) is 6.94. The highest BCUT2D eigenvalue weighted by Gasteiger charge is 2.33. The van der Waals surface area contributed by atoms with Gasteiger partial charge in [0.2, 0.25) is 5.91 Å². The molecule has 3 rings (SSSR count). The molecule has 7 nitrogen and oxygen atoms in total. The van der Waals surface area contributed by atoms with Crippen LogP contribution in [0.25, 0.3) is 11.3 Å². The predicted octanol–water partition coefficient (Wildman–Crippen LogP) is 4.47. The lowest BCUT2D eigenvalue weighted by molar-refractivity contribution is -0.141. The van der Waals surface area contributed by atoms with Crippen molar-refractivity contribution >= 4 is 15.7 Å². The molecule has 0 spiro atoms. The van der Waals surface area contributed by atoms with Crippen molar-refractivity contribution < 1.29 is 35.5 Å². The number of nitrogens with two attached hydrogens (primary N) is 1. The maximum Gasteiger partial charge on any atom is 0.433 e. The van der Waals surface area contributed by atoms with Gasteiger partial charge in [-0.25, -0.2) is 17.8 Å². The van der Waals surface area contributed by atoms with Crippen LogP contribution in [0.5, 0.6) is 0 Å². The minimum absolute atomic E-state index is 0.0518. The number of methoxy groups -OCH3 is 1. The van der Waals surface area contributed by atoms with Gasteiger partial charge >= 0.3 is 6.18 Å². The molecule has 0 aliphatic carbocycles. The Morgan fingerprint density at radius 2 is 1.84 bits per heavy atom. The number of pyridine rings is 1. The first-order valence-corrected chi connectivity index (χ1v) is 13.3. The molecule has 0 aliphatic rings. The Bertz CT molecular complexity index is 1430. The Morgan fingerprint density at radius 1 is 1.13 bits per heavy atom. The molecule has 0 bridgehead atoms. The van der Waals surface area contributed by atoms with E-state index in [0.29, 0.717) is 11.1 Å². The molecular weight excluding hydrogens is 526 g/mol. The van der Waals surface area contributed by atoms with E-state index >= 15 is 0 Å². The summed E-state index contributed by atoms with van der Waals surface area (Å²) in [4.78, 5) is 16.7. The van der Waals surface area contributed by atoms with E-state index in [-0.39, 0.29) is 30.0 Å². The first-order chi connectivity index (χ1) is 17.7. The van der Waals surface area contributed by atoms with E-state index in [9.17, 15) is 30.8 Å². The van der Waals surface area contributed by atoms with Crippen molar-refractivity contribution in [1.82, 2.24) is 10.3 Å². The van der Waals surface area contributed by atoms with E-state index in [1.54, 1.807) is 24.3 Å². The average molecular weight is 554 g/mol. The molecule has 1 amide bonds. The lowest BCUT2D eigenvalue weighted by Gasteiger charge is -2.17. The van der Waals surface area contributed by atoms with Crippen LogP contribution in [0.4, 0.5) is 17.6 Å². The highest BCUT2D eigenvalue weighted by Crippen LogP contribution is 2.32. The van der Waals surface area contributed by atoms with Gasteiger partial charge in [-0.05, 0) is 41.8 Å². The summed E-state index contributed by atoms with van der Waals surface area (Å²) in [7, 11) is -2.24. The van der Waals surface area contributed by atoms with Crippen LogP contribution in [0, 0.1) is 5.82 Å². The zero-order valence-electron chi connectivity index (χ0n) is 20.8. The molecule has 38 heavy (non-hydrogen) atoms. The fraction of sp³-hybridized carbons (Fsp3) is 0.308. The van der Waals surface area contributed by atoms with E-state index in [4.69, 9.17) is 10.5 Å². The summed E-state index contributed by atoms with van der Waals surface area (Å²) < 4.78 is 83.1. The van der Waals surface area contributed by atoms with Crippen molar-refractivity contribution in [2.24, 2.45) is 5.73 Å². The molecule has 3 N–H and O–H groups in total. The fourth-order valence-corrected chi connectivity index (χ4v) is 4.43. The lowest BCUT2D eigenvalue weighted by Crippen LogP contribution is -2.28. The molecule has 1 aromatic heterocycles. The van der Waals surface area contributed by atoms with Crippen LogP contribution in [0.1, 0.15) is 46.2 Å². The van der Waals surface area contributed by atoms with E-state index < -0.39 is 44.7 Å². The van der Waals surface area contributed by atoms with Gasteiger partial charge < -0.3 is 15.8 Å². The van der Waals surface area contributed by atoms with Gasteiger partial charge in [-0.3, -0.25) is 4.79 Å². The fourth-order valence-electron chi connectivity index (χ4n) is 3.77. The Labute approximate surface area is 218 Å². The van der Waals surface area contributed by atoms with Crippen molar-refractivity contribution in [2.75, 3.05) is 13.4 Å². The van der Waals surface area contributed by atoms with Crippen LogP contribution in [-0.4, -0.2) is 32.7 Å². The summed E-state index contributed by atoms with van der Waals surface area (Å²) in [6.07, 6.45) is -3.77. The summed E-state index contributed by atoms with van der Waals surface area (Å²) in [5.74, 6) is -2.25. The molecule has 204 valence electrons. The zero-order valence-corrected chi connectivity index (χ0v) is 21.7. The van der Waals surface area contributed by atoms with Crippen LogP contribution in [0.15, 0.2) is 54.6 Å². The van der Waals surface area contributed by atoms with Gasteiger partial charge in [0.15, 0.2) is 9.84 Å². The molecule has 0 saturated heterocycles. The molecular formula is C26H27F4N3O4S. The molecule has 3 aromatic rings. The number of rotatable bonds is 9. The maximum absolute atomic E-state index is 14.6. The maximum atomic E-state index is 14.6. The van der Waals surface area contributed by atoms with Crippen LogP contribution >= 0.6 is 0 Å². The van der Waals surface area contributed by atoms with Crippen molar-refractivity contribution in [3.63, 3.8) is 0 Å². The number of amides is 1. The number of ether oxygens (including phenoxy) is 1. The highest BCUT2D eigenvalue weighted by atomic mass is 32.2. The lowest BCUT2D eigenvalue weighted by atomic mass is 9.98. The van der Waals surface area contributed by atoms with Gasteiger partial charge in [-0.15, -0.1) is 0 Å². The largest absolute Gasteiger partial charge is 0.433 e. The molecule has 2 aromatic carbocycles. The summed E-state index contributed by atoms with van der Waals surface area (Å²) in [5.41, 5.74) is 6.12. The standard InChI is InChI=1S/C26H27F4N3O4S/c1-15(17-7-9-20(21(27)12-17)24(31)38(3,35)36)25(34)32-13-19-8-10-22(26(28,29)30)33-23(19)18-6-4-5-16(11-18)14-37-2/h4-12,15,24H,13-14,31H2,1-3H3,(H,32,34). The van der Waals surface area contributed by atoms with Crippen LogP contribution in [-0.2, 0) is 38.7 Å². The topological polar surface area (TPSA) is 111 Å². The number of halogens is 4. The Morgan fingerprint density at radius 3 is 2.45 bits per heavy atom. The Balaban J connectivity index is 1.85. The number of sulfone groups is 1. The molecule has 0 radical (unpaired) electrons. The van der Waals surface area contributed by atoms with Crippen molar-refractivity contribution in [2.45, 2.75) is 37.5 Å². The van der Waals surface area contributed by atoms with Crippen molar-refractivity contribution in [3.8, 4) is 11.3 Å². The number of alkyl halides is 3. The number of hydrogen-bond donors (Lipinski definition) is 2. The minimum Gasteiger partial charge on any atom is -0.380 e. The second-order valence-electron chi connectivity index (χ2n) is 8.81. The molecule has 1 heterocycles. The number of aromatic nitrogens is 1. The molecule has 2 unspecified atom stereocenters.